The number of hydrogen-bond acceptors (Lipinski definition) is 3. The van der Waals surface area contributed by atoms with Gasteiger partial charge in [0.05, 0.1) is 6.20 Å². The zero-order valence-electron chi connectivity index (χ0n) is 10.8. The van der Waals surface area contributed by atoms with Gasteiger partial charge in [0.1, 0.15) is 18.2 Å². The van der Waals surface area contributed by atoms with Crippen molar-refractivity contribution in [1.82, 2.24) is 4.98 Å². The molecular weight excluding hydrogens is 243 g/mol. The summed E-state index contributed by atoms with van der Waals surface area (Å²) in [5.41, 5.74) is 7.15. The Labute approximate surface area is 112 Å². The van der Waals surface area contributed by atoms with Gasteiger partial charge in [-0.1, -0.05) is 18.2 Å². The molecule has 0 amide bonds. The van der Waals surface area contributed by atoms with Crippen LogP contribution in [0.25, 0.3) is 0 Å². The van der Waals surface area contributed by atoms with Crippen molar-refractivity contribution in [2.24, 2.45) is 5.73 Å². The van der Waals surface area contributed by atoms with E-state index in [1.807, 2.05) is 19.1 Å². The van der Waals surface area contributed by atoms with Gasteiger partial charge in [0.25, 0.3) is 0 Å². The third kappa shape index (κ3) is 4.03. The molecule has 3 nitrogen and oxygen atoms in total. The first kappa shape index (κ1) is 13.5. The van der Waals surface area contributed by atoms with Gasteiger partial charge in [0.2, 0.25) is 0 Å². The molecule has 2 rings (SSSR count). The van der Waals surface area contributed by atoms with Crippen LogP contribution < -0.4 is 10.5 Å². The standard InChI is InChI=1S/C15H17FN2O/c1-11(17)8-13-6-7-14(9-18-13)19-10-12-4-2-3-5-15(12)16/h2-7,9,11H,8,10,17H2,1H3. The minimum atomic E-state index is -0.260. The maximum atomic E-state index is 13.4. The summed E-state index contributed by atoms with van der Waals surface area (Å²) < 4.78 is 18.9. The van der Waals surface area contributed by atoms with Crippen molar-refractivity contribution in [3.8, 4) is 5.75 Å². The molecule has 100 valence electrons. The van der Waals surface area contributed by atoms with Crippen molar-refractivity contribution in [2.75, 3.05) is 0 Å². The molecule has 1 heterocycles. The number of ether oxygens (including phenoxy) is 1. The summed E-state index contributed by atoms with van der Waals surface area (Å²) in [6, 6.07) is 10.3. The molecule has 0 radical (unpaired) electrons. The highest BCUT2D eigenvalue weighted by atomic mass is 19.1. The Balaban J connectivity index is 1.95. The van der Waals surface area contributed by atoms with Crippen LogP contribution in [0.2, 0.25) is 0 Å². The molecule has 0 saturated heterocycles. The van der Waals surface area contributed by atoms with Crippen molar-refractivity contribution in [3.63, 3.8) is 0 Å². The van der Waals surface area contributed by atoms with E-state index in [0.717, 1.165) is 12.1 Å². The van der Waals surface area contributed by atoms with E-state index in [-0.39, 0.29) is 18.5 Å². The molecule has 0 bridgehead atoms. The lowest BCUT2D eigenvalue weighted by Crippen LogP contribution is -2.18. The highest BCUT2D eigenvalue weighted by Crippen LogP contribution is 2.14. The third-order valence-corrected chi connectivity index (χ3v) is 2.68. The molecule has 0 saturated carbocycles. The van der Waals surface area contributed by atoms with Crippen LogP contribution in [-0.2, 0) is 13.0 Å². The fourth-order valence-corrected chi connectivity index (χ4v) is 1.72. The second-order valence-corrected chi connectivity index (χ2v) is 4.55. The van der Waals surface area contributed by atoms with E-state index >= 15 is 0 Å². The summed E-state index contributed by atoms with van der Waals surface area (Å²) in [5.74, 6) is 0.362. The average Bonchev–Trinajstić information content (AvgIpc) is 2.39. The van der Waals surface area contributed by atoms with Gasteiger partial charge in [-0.05, 0) is 25.1 Å². The van der Waals surface area contributed by atoms with Crippen molar-refractivity contribution >= 4 is 0 Å². The van der Waals surface area contributed by atoms with Crippen molar-refractivity contribution in [1.29, 1.82) is 0 Å². The first-order valence-corrected chi connectivity index (χ1v) is 6.22. The van der Waals surface area contributed by atoms with Crippen molar-refractivity contribution in [3.05, 3.63) is 59.7 Å². The number of nitrogens with zero attached hydrogens (tertiary/aromatic N) is 1. The van der Waals surface area contributed by atoms with Gasteiger partial charge in [-0.25, -0.2) is 4.39 Å². The summed E-state index contributed by atoms with van der Waals surface area (Å²) in [4.78, 5) is 4.25. The predicted molar refractivity (Wildman–Crippen MR) is 72.3 cm³/mol. The lowest BCUT2D eigenvalue weighted by molar-refractivity contribution is 0.298. The van der Waals surface area contributed by atoms with E-state index in [1.165, 1.54) is 6.07 Å². The SMILES string of the molecule is CC(N)Cc1ccc(OCc2ccccc2F)cn1. The number of hydrogen-bond donors (Lipinski definition) is 1. The van der Waals surface area contributed by atoms with Gasteiger partial charge in [0, 0.05) is 23.7 Å². The molecule has 2 N–H and O–H groups in total. The van der Waals surface area contributed by atoms with E-state index in [0.29, 0.717) is 11.3 Å². The van der Waals surface area contributed by atoms with Crippen LogP contribution >= 0.6 is 0 Å². The zero-order valence-corrected chi connectivity index (χ0v) is 10.8. The molecule has 0 aliphatic rings. The molecule has 0 aliphatic carbocycles. The molecule has 1 aromatic carbocycles. The predicted octanol–water partition coefficient (Wildman–Crippen LogP) is 2.69. The summed E-state index contributed by atoms with van der Waals surface area (Å²) in [6.07, 6.45) is 2.37. The van der Waals surface area contributed by atoms with Gasteiger partial charge in [-0.2, -0.15) is 0 Å². The second-order valence-electron chi connectivity index (χ2n) is 4.55. The van der Waals surface area contributed by atoms with Crippen molar-refractivity contribution in [2.45, 2.75) is 26.0 Å². The normalized spacial score (nSPS) is 12.2. The van der Waals surface area contributed by atoms with E-state index < -0.39 is 0 Å². The van der Waals surface area contributed by atoms with Gasteiger partial charge in [0.15, 0.2) is 0 Å². The molecule has 0 fully saturated rings. The Morgan fingerprint density at radius 1 is 1.26 bits per heavy atom. The van der Waals surface area contributed by atoms with Crippen LogP contribution in [0.3, 0.4) is 0 Å². The smallest absolute Gasteiger partial charge is 0.138 e. The number of pyridine rings is 1. The largest absolute Gasteiger partial charge is 0.487 e. The molecule has 1 atom stereocenters. The Hall–Kier alpha value is -1.94. The Bertz CT molecular complexity index is 526. The molecule has 1 unspecified atom stereocenters. The van der Waals surface area contributed by atoms with E-state index in [9.17, 15) is 4.39 Å². The first-order chi connectivity index (χ1) is 9.15. The van der Waals surface area contributed by atoms with Gasteiger partial charge >= 0.3 is 0 Å². The molecule has 1 aromatic heterocycles. The maximum Gasteiger partial charge on any atom is 0.138 e. The quantitative estimate of drug-likeness (QED) is 0.899. The van der Waals surface area contributed by atoms with E-state index in [1.54, 1.807) is 24.4 Å². The summed E-state index contributed by atoms with van der Waals surface area (Å²) in [6.45, 7) is 2.13. The fourth-order valence-electron chi connectivity index (χ4n) is 1.72. The van der Waals surface area contributed by atoms with Crippen LogP contribution in [0.15, 0.2) is 42.6 Å². The van der Waals surface area contributed by atoms with Crippen LogP contribution in [0.4, 0.5) is 4.39 Å². The Morgan fingerprint density at radius 2 is 2.05 bits per heavy atom. The lowest BCUT2D eigenvalue weighted by Gasteiger charge is -2.08. The highest BCUT2D eigenvalue weighted by Gasteiger charge is 2.03. The Morgan fingerprint density at radius 3 is 2.68 bits per heavy atom. The molecule has 19 heavy (non-hydrogen) atoms. The minimum absolute atomic E-state index is 0.0812. The average molecular weight is 260 g/mol. The summed E-state index contributed by atoms with van der Waals surface area (Å²) in [5, 5.41) is 0. The highest BCUT2D eigenvalue weighted by molar-refractivity contribution is 5.22. The minimum Gasteiger partial charge on any atom is -0.487 e. The number of halogens is 1. The van der Waals surface area contributed by atoms with Crippen LogP contribution in [0.5, 0.6) is 5.75 Å². The number of rotatable bonds is 5. The second kappa shape index (κ2) is 6.29. The maximum absolute atomic E-state index is 13.4. The topological polar surface area (TPSA) is 48.1 Å². The zero-order chi connectivity index (χ0) is 13.7. The monoisotopic (exact) mass is 260 g/mol. The number of aromatic nitrogens is 1. The van der Waals surface area contributed by atoms with Gasteiger partial charge < -0.3 is 10.5 Å². The molecule has 0 aliphatic heterocycles. The number of benzene rings is 1. The van der Waals surface area contributed by atoms with E-state index in [2.05, 4.69) is 4.98 Å². The number of nitrogens with two attached hydrogens (primary N) is 1. The molecule has 4 heteroatoms. The first-order valence-electron chi connectivity index (χ1n) is 6.22. The molecule has 0 spiro atoms. The van der Waals surface area contributed by atoms with Gasteiger partial charge in [-0.15, -0.1) is 0 Å². The van der Waals surface area contributed by atoms with Crippen LogP contribution in [0, 0.1) is 5.82 Å². The molecule has 2 aromatic rings. The van der Waals surface area contributed by atoms with E-state index in [4.69, 9.17) is 10.5 Å². The van der Waals surface area contributed by atoms with Gasteiger partial charge in [-0.3, -0.25) is 4.98 Å². The van der Waals surface area contributed by atoms with Crippen molar-refractivity contribution < 1.29 is 9.13 Å². The fraction of sp³-hybridized carbons (Fsp3) is 0.267. The molecular formula is C15H17FN2O. The summed E-state index contributed by atoms with van der Waals surface area (Å²) >= 11 is 0. The lowest BCUT2D eigenvalue weighted by atomic mass is 10.2. The summed E-state index contributed by atoms with van der Waals surface area (Å²) in [7, 11) is 0. The van der Waals surface area contributed by atoms with Crippen LogP contribution in [-0.4, -0.2) is 11.0 Å². The Kier molecular flexibility index (Phi) is 4.47. The van der Waals surface area contributed by atoms with Crippen LogP contribution in [0.1, 0.15) is 18.2 Å². The third-order valence-electron chi connectivity index (χ3n) is 2.68.